The molecule has 1 aliphatic rings. The minimum atomic E-state index is -0.512. The maximum absolute atomic E-state index is 10.7. The van der Waals surface area contributed by atoms with Crippen LogP contribution in [0.25, 0.3) is 0 Å². The van der Waals surface area contributed by atoms with E-state index in [-0.39, 0.29) is 0 Å². The molecule has 104 valence electrons. The van der Waals surface area contributed by atoms with Crippen molar-refractivity contribution in [2.24, 2.45) is 0 Å². The Morgan fingerprint density at radius 3 is 2.45 bits per heavy atom. The van der Waals surface area contributed by atoms with Crippen molar-refractivity contribution in [3.8, 4) is 0 Å². The molecule has 1 atom stereocenters. The highest BCUT2D eigenvalue weighted by atomic mass is 16.3. The van der Waals surface area contributed by atoms with Crippen LogP contribution in [-0.4, -0.2) is 5.11 Å². The van der Waals surface area contributed by atoms with Crippen LogP contribution in [0, 0.1) is 13.8 Å². The molecule has 20 heavy (non-hydrogen) atoms. The van der Waals surface area contributed by atoms with Gasteiger partial charge < -0.3 is 5.11 Å². The van der Waals surface area contributed by atoms with Gasteiger partial charge in [0.2, 0.25) is 0 Å². The summed E-state index contributed by atoms with van der Waals surface area (Å²) in [7, 11) is 0. The number of fused-ring (bicyclic) bond motifs is 1. The lowest BCUT2D eigenvalue weighted by molar-refractivity contribution is 0.219. The molecule has 0 aliphatic heterocycles. The number of aliphatic hydroxyl groups excluding tert-OH is 1. The first kappa shape index (κ1) is 13.4. The smallest absolute Gasteiger partial charge is 0.104 e. The summed E-state index contributed by atoms with van der Waals surface area (Å²) in [6.45, 7) is 4.14. The van der Waals surface area contributed by atoms with Gasteiger partial charge in [0.25, 0.3) is 0 Å². The molecule has 2 aromatic rings. The molecule has 0 heterocycles. The van der Waals surface area contributed by atoms with E-state index in [1.807, 2.05) is 0 Å². The van der Waals surface area contributed by atoms with Crippen LogP contribution in [0.2, 0.25) is 0 Å². The third-order valence-electron chi connectivity index (χ3n) is 4.42. The predicted molar refractivity (Wildman–Crippen MR) is 83.1 cm³/mol. The zero-order valence-corrected chi connectivity index (χ0v) is 12.3. The highest BCUT2D eigenvalue weighted by Crippen LogP contribution is 2.29. The summed E-state index contributed by atoms with van der Waals surface area (Å²) in [4.78, 5) is 0. The van der Waals surface area contributed by atoms with Crippen molar-refractivity contribution < 1.29 is 5.11 Å². The van der Waals surface area contributed by atoms with Crippen molar-refractivity contribution in [2.45, 2.75) is 45.6 Å². The fourth-order valence-electron chi connectivity index (χ4n) is 3.16. The van der Waals surface area contributed by atoms with Crippen molar-refractivity contribution in [3.63, 3.8) is 0 Å². The Kier molecular flexibility index (Phi) is 3.62. The third kappa shape index (κ3) is 2.51. The Labute approximate surface area is 121 Å². The van der Waals surface area contributed by atoms with Gasteiger partial charge in [0.05, 0.1) is 0 Å². The van der Waals surface area contributed by atoms with Crippen LogP contribution >= 0.6 is 0 Å². The van der Waals surface area contributed by atoms with Gasteiger partial charge in [0.1, 0.15) is 6.10 Å². The monoisotopic (exact) mass is 266 g/mol. The summed E-state index contributed by atoms with van der Waals surface area (Å²) in [5.41, 5.74) is 7.30. The van der Waals surface area contributed by atoms with Crippen LogP contribution in [0.3, 0.4) is 0 Å². The van der Waals surface area contributed by atoms with E-state index in [9.17, 15) is 5.11 Å². The molecule has 0 saturated carbocycles. The Bertz CT molecular complexity index is 628. The van der Waals surface area contributed by atoms with Gasteiger partial charge in [-0.3, -0.25) is 0 Å². The van der Waals surface area contributed by atoms with Crippen LogP contribution in [0.1, 0.15) is 52.3 Å². The van der Waals surface area contributed by atoms with Crippen LogP contribution < -0.4 is 0 Å². The normalized spacial score (nSPS) is 15.8. The first-order valence-corrected chi connectivity index (χ1v) is 7.52. The van der Waals surface area contributed by atoms with Crippen molar-refractivity contribution in [1.82, 2.24) is 0 Å². The van der Waals surface area contributed by atoms with Gasteiger partial charge in [0.15, 0.2) is 0 Å². The van der Waals surface area contributed by atoms with E-state index >= 15 is 0 Å². The molecule has 1 nitrogen and oxygen atoms in total. The summed E-state index contributed by atoms with van der Waals surface area (Å²) >= 11 is 0. The molecular weight excluding hydrogens is 244 g/mol. The zero-order valence-electron chi connectivity index (χ0n) is 12.3. The summed E-state index contributed by atoms with van der Waals surface area (Å²) in [6, 6.07) is 12.8. The number of benzene rings is 2. The molecule has 0 saturated heterocycles. The Hall–Kier alpha value is -1.60. The highest BCUT2D eigenvalue weighted by Gasteiger charge is 2.16. The molecular formula is C19H22O. The molecule has 0 radical (unpaired) electrons. The quantitative estimate of drug-likeness (QED) is 0.861. The summed E-state index contributed by atoms with van der Waals surface area (Å²) in [5.74, 6) is 0. The molecule has 0 bridgehead atoms. The van der Waals surface area contributed by atoms with E-state index in [0.717, 1.165) is 23.1 Å². The van der Waals surface area contributed by atoms with E-state index < -0.39 is 6.10 Å². The minimum absolute atomic E-state index is 0.512. The minimum Gasteiger partial charge on any atom is -0.384 e. The largest absolute Gasteiger partial charge is 0.384 e. The SMILES string of the molecule is Cc1ccc(C)c(C(O)c2ccc3c(c2)CCCC3)c1. The summed E-state index contributed by atoms with van der Waals surface area (Å²) < 4.78 is 0. The van der Waals surface area contributed by atoms with E-state index in [2.05, 4.69) is 50.2 Å². The maximum Gasteiger partial charge on any atom is 0.104 e. The van der Waals surface area contributed by atoms with Crippen LogP contribution in [-0.2, 0) is 12.8 Å². The van der Waals surface area contributed by atoms with Gasteiger partial charge in [0, 0.05) is 0 Å². The van der Waals surface area contributed by atoms with Crippen molar-refractivity contribution >= 4 is 0 Å². The molecule has 0 amide bonds. The standard InChI is InChI=1S/C19H22O/c1-13-7-8-14(2)18(11-13)19(20)17-10-9-15-5-3-4-6-16(15)12-17/h7-12,19-20H,3-6H2,1-2H3. The first-order chi connectivity index (χ1) is 9.65. The Morgan fingerprint density at radius 1 is 0.900 bits per heavy atom. The van der Waals surface area contributed by atoms with Crippen LogP contribution in [0.4, 0.5) is 0 Å². The van der Waals surface area contributed by atoms with Crippen LogP contribution in [0.15, 0.2) is 36.4 Å². The van der Waals surface area contributed by atoms with E-state index in [1.54, 1.807) is 0 Å². The van der Waals surface area contributed by atoms with E-state index in [1.165, 1.54) is 36.0 Å². The molecule has 0 fully saturated rings. The fraction of sp³-hybridized carbons (Fsp3) is 0.368. The third-order valence-corrected chi connectivity index (χ3v) is 4.42. The summed E-state index contributed by atoms with van der Waals surface area (Å²) in [5, 5.41) is 10.7. The second kappa shape index (κ2) is 5.41. The van der Waals surface area contributed by atoms with Crippen molar-refractivity contribution in [2.75, 3.05) is 0 Å². The molecule has 0 aromatic heterocycles. The summed E-state index contributed by atoms with van der Waals surface area (Å²) in [6.07, 6.45) is 4.40. The lowest BCUT2D eigenvalue weighted by Crippen LogP contribution is -2.07. The number of hydrogen-bond acceptors (Lipinski definition) is 1. The van der Waals surface area contributed by atoms with Gasteiger partial charge in [-0.1, -0.05) is 42.0 Å². The lowest BCUT2D eigenvalue weighted by atomic mass is 9.88. The number of aliphatic hydroxyl groups is 1. The van der Waals surface area contributed by atoms with E-state index in [4.69, 9.17) is 0 Å². The molecule has 1 N–H and O–H groups in total. The molecule has 1 unspecified atom stereocenters. The average Bonchev–Trinajstić information content (AvgIpc) is 2.48. The highest BCUT2D eigenvalue weighted by molar-refractivity contribution is 5.41. The maximum atomic E-state index is 10.7. The Morgan fingerprint density at radius 2 is 1.65 bits per heavy atom. The number of hydrogen-bond donors (Lipinski definition) is 1. The number of rotatable bonds is 2. The topological polar surface area (TPSA) is 20.2 Å². The van der Waals surface area contributed by atoms with Gasteiger partial charge in [-0.2, -0.15) is 0 Å². The van der Waals surface area contributed by atoms with Gasteiger partial charge in [-0.25, -0.2) is 0 Å². The van der Waals surface area contributed by atoms with E-state index in [0.29, 0.717) is 0 Å². The van der Waals surface area contributed by atoms with Crippen LogP contribution in [0.5, 0.6) is 0 Å². The van der Waals surface area contributed by atoms with Gasteiger partial charge >= 0.3 is 0 Å². The second-order valence-corrected chi connectivity index (χ2v) is 6.00. The first-order valence-electron chi connectivity index (χ1n) is 7.52. The number of aryl methyl sites for hydroxylation is 4. The van der Waals surface area contributed by atoms with Gasteiger partial charge in [-0.15, -0.1) is 0 Å². The molecule has 1 heteroatoms. The average molecular weight is 266 g/mol. The molecule has 0 spiro atoms. The fourth-order valence-corrected chi connectivity index (χ4v) is 3.16. The predicted octanol–water partition coefficient (Wildman–Crippen LogP) is 4.26. The Balaban J connectivity index is 1.97. The zero-order chi connectivity index (χ0) is 14.1. The van der Waals surface area contributed by atoms with Crippen molar-refractivity contribution in [1.29, 1.82) is 0 Å². The second-order valence-electron chi connectivity index (χ2n) is 6.00. The molecule has 1 aliphatic carbocycles. The molecule has 3 rings (SSSR count). The lowest BCUT2D eigenvalue weighted by Gasteiger charge is -2.20. The van der Waals surface area contributed by atoms with Crippen molar-refractivity contribution in [3.05, 3.63) is 69.8 Å². The molecule has 2 aromatic carbocycles. The van der Waals surface area contributed by atoms with Gasteiger partial charge in [-0.05, 0) is 67.3 Å².